The second-order valence-electron chi connectivity index (χ2n) is 8.94. The summed E-state index contributed by atoms with van der Waals surface area (Å²) in [7, 11) is -2.36. The van der Waals surface area contributed by atoms with Crippen molar-refractivity contribution in [2.75, 3.05) is 0 Å². The lowest BCUT2D eigenvalue weighted by molar-refractivity contribution is 0.593. The zero-order chi connectivity index (χ0) is 25.2. The van der Waals surface area contributed by atoms with E-state index < -0.39 is 22.0 Å². The third kappa shape index (κ3) is 11.8. The first-order valence-corrected chi connectivity index (χ1v) is 14.1. The average molecular weight is 620 g/mol. The van der Waals surface area contributed by atoms with Gasteiger partial charge in [0.15, 0.2) is 0 Å². The number of nitrogens with zero attached hydrogens (tertiary/aromatic N) is 3. The van der Waals surface area contributed by atoms with Crippen molar-refractivity contribution in [3.8, 4) is 0 Å². The van der Waals surface area contributed by atoms with E-state index >= 15 is 0 Å². The van der Waals surface area contributed by atoms with Crippen LogP contribution in [0.1, 0.15) is 65.4 Å². The molecule has 0 fully saturated rings. The van der Waals surface area contributed by atoms with E-state index in [4.69, 9.17) is 0 Å². The highest BCUT2D eigenvalue weighted by atomic mass is 79.9. The molecule has 3 atom stereocenters. The highest BCUT2D eigenvalue weighted by Crippen LogP contribution is 2.20. The van der Waals surface area contributed by atoms with Gasteiger partial charge in [-0.3, -0.25) is 0 Å². The summed E-state index contributed by atoms with van der Waals surface area (Å²) >= 11 is 6.61. The lowest BCUT2D eigenvalue weighted by atomic mass is 10.1. The molecule has 10 heteroatoms. The van der Waals surface area contributed by atoms with Crippen LogP contribution in [0.5, 0.6) is 0 Å². The molecule has 2 aromatic heterocycles. The predicted octanol–water partition coefficient (Wildman–Crippen LogP) is 6.24. The van der Waals surface area contributed by atoms with Crippen molar-refractivity contribution in [3.05, 3.63) is 69.6 Å². The van der Waals surface area contributed by atoms with Crippen LogP contribution < -0.4 is 4.72 Å². The third-order valence-corrected chi connectivity index (χ3v) is 7.68. The second kappa shape index (κ2) is 13.7. The maximum Gasteiger partial charge on any atom is 0.144 e. The molecule has 0 unspecified atom stereocenters. The van der Waals surface area contributed by atoms with Crippen molar-refractivity contribution in [3.63, 3.8) is 0 Å². The van der Waals surface area contributed by atoms with Gasteiger partial charge in [0.2, 0.25) is 0 Å². The summed E-state index contributed by atoms with van der Waals surface area (Å²) in [6.07, 6.45) is 4.03. The minimum atomic E-state index is -1.23. The number of halogens is 2. The zero-order valence-corrected chi connectivity index (χ0v) is 24.6. The van der Waals surface area contributed by atoms with Crippen LogP contribution in [0.15, 0.2) is 62.7 Å². The molecule has 0 aliphatic carbocycles. The van der Waals surface area contributed by atoms with E-state index in [-0.39, 0.29) is 15.5 Å². The molecular formula is C23H32Br2N4O2S2. The monoisotopic (exact) mass is 618 g/mol. The van der Waals surface area contributed by atoms with E-state index in [0.29, 0.717) is 12.1 Å². The quantitative estimate of drug-likeness (QED) is 0.226. The first kappa shape index (κ1) is 30.0. The van der Waals surface area contributed by atoms with Gasteiger partial charge in [0.05, 0.1) is 44.1 Å². The van der Waals surface area contributed by atoms with Gasteiger partial charge >= 0.3 is 0 Å². The fourth-order valence-corrected chi connectivity index (χ4v) is 4.14. The molecule has 0 aliphatic heterocycles. The molecular weight excluding hydrogens is 588 g/mol. The van der Waals surface area contributed by atoms with Crippen molar-refractivity contribution in [2.45, 2.75) is 63.5 Å². The summed E-state index contributed by atoms with van der Waals surface area (Å²) in [4.78, 5) is 8.56. The van der Waals surface area contributed by atoms with E-state index in [1.807, 2.05) is 77.9 Å². The number of nitrogens with one attached hydrogen (secondary N) is 1. The van der Waals surface area contributed by atoms with E-state index in [0.717, 1.165) is 14.9 Å². The maximum absolute atomic E-state index is 12.1. The number of aromatic nitrogens is 2. The Balaban J connectivity index is 0.000000335. The fraction of sp³-hybridized carbons (Fsp3) is 0.435. The van der Waals surface area contributed by atoms with Crippen LogP contribution in [0.4, 0.5) is 0 Å². The van der Waals surface area contributed by atoms with Crippen molar-refractivity contribution in [1.29, 1.82) is 0 Å². The van der Waals surface area contributed by atoms with Gasteiger partial charge in [-0.15, -0.1) is 6.58 Å². The minimum absolute atomic E-state index is 0.0833. The van der Waals surface area contributed by atoms with E-state index in [1.165, 1.54) is 6.21 Å². The first-order valence-electron chi connectivity index (χ1n) is 10.2. The van der Waals surface area contributed by atoms with Gasteiger partial charge in [-0.2, -0.15) is 4.40 Å². The number of hydrogen-bond acceptors (Lipinski definition) is 4. The van der Waals surface area contributed by atoms with E-state index in [2.05, 4.69) is 57.5 Å². The van der Waals surface area contributed by atoms with Gasteiger partial charge in [-0.25, -0.2) is 23.1 Å². The summed E-state index contributed by atoms with van der Waals surface area (Å²) in [5.74, 6) is 0. The van der Waals surface area contributed by atoms with E-state index in [1.54, 1.807) is 6.08 Å². The summed E-state index contributed by atoms with van der Waals surface area (Å²) in [5.41, 5.74) is 1.56. The maximum atomic E-state index is 12.1. The Morgan fingerprint density at radius 3 is 2.06 bits per heavy atom. The normalized spacial score (nSPS) is 14.8. The molecule has 0 bridgehead atoms. The molecule has 2 aromatic rings. The minimum Gasteiger partial charge on any atom is -0.244 e. The van der Waals surface area contributed by atoms with Crippen LogP contribution in [0.25, 0.3) is 0 Å². The van der Waals surface area contributed by atoms with Gasteiger partial charge in [0.1, 0.15) is 20.2 Å². The molecule has 0 amide bonds. The Morgan fingerprint density at radius 2 is 1.58 bits per heavy atom. The lowest BCUT2D eigenvalue weighted by Gasteiger charge is -2.23. The number of hydrogen-bond donors (Lipinski definition) is 1. The Kier molecular flexibility index (Phi) is 12.5. The molecule has 182 valence electrons. The molecule has 0 saturated heterocycles. The molecule has 0 aliphatic rings. The lowest BCUT2D eigenvalue weighted by Crippen LogP contribution is -2.35. The van der Waals surface area contributed by atoms with Crippen LogP contribution in [-0.4, -0.2) is 34.1 Å². The van der Waals surface area contributed by atoms with Crippen LogP contribution in [0.2, 0.25) is 0 Å². The zero-order valence-electron chi connectivity index (χ0n) is 19.8. The van der Waals surface area contributed by atoms with Crippen LogP contribution in [-0.2, 0) is 22.0 Å². The molecule has 0 aromatic carbocycles. The molecule has 2 rings (SSSR count). The van der Waals surface area contributed by atoms with Gasteiger partial charge in [-0.1, -0.05) is 18.2 Å². The van der Waals surface area contributed by atoms with Gasteiger partial charge in [-0.05, 0) is 104 Å². The Morgan fingerprint density at radius 1 is 1.00 bits per heavy atom. The van der Waals surface area contributed by atoms with Crippen LogP contribution in [0, 0.1) is 0 Å². The number of rotatable bonds is 7. The molecule has 1 N–H and O–H groups in total. The molecule has 0 radical (unpaired) electrons. The van der Waals surface area contributed by atoms with Crippen molar-refractivity contribution in [1.82, 2.24) is 14.7 Å². The predicted molar refractivity (Wildman–Crippen MR) is 148 cm³/mol. The molecule has 2 heterocycles. The van der Waals surface area contributed by atoms with Crippen LogP contribution >= 0.6 is 31.9 Å². The average Bonchev–Trinajstić information content (AvgIpc) is 2.70. The first-order chi connectivity index (χ1) is 15.2. The van der Waals surface area contributed by atoms with Gasteiger partial charge in [0.25, 0.3) is 0 Å². The summed E-state index contributed by atoms with van der Waals surface area (Å²) in [5, 5.41) is 0. The standard InChI is InChI=1S/C13H19BrN2OS.C10H13BrN2OS/c1-5-7-11(16-18(17)13(2,3)4)10-8-6-9-12(14)15-10;1-10(2,3)15(14)12-7-8-5-4-6-9(11)13-8/h5-6,8-9,11,16H,1,7H2,2-4H3;4-7H,1-3H3/t11-,18-;15-/m00/s1. The number of pyridine rings is 2. The largest absolute Gasteiger partial charge is 0.244 e. The second-order valence-corrected chi connectivity index (χ2v) is 14.5. The van der Waals surface area contributed by atoms with Gasteiger partial charge in [0, 0.05) is 0 Å². The summed E-state index contributed by atoms with van der Waals surface area (Å²) in [6.45, 7) is 15.2. The van der Waals surface area contributed by atoms with Gasteiger partial charge < -0.3 is 0 Å². The summed E-state index contributed by atoms with van der Waals surface area (Å²) < 4.78 is 31.7. The molecule has 0 spiro atoms. The molecule has 33 heavy (non-hydrogen) atoms. The Hall–Kier alpha value is -1.07. The SMILES string of the molecule is C=CC[C@H](N[S@@](=O)C(C)(C)C)c1cccc(Br)n1.CC(C)(C)[S@](=O)N=Cc1cccc(Br)n1. The topological polar surface area (TPSA) is 84.3 Å². The Labute approximate surface area is 219 Å². The highest BCUT2D eigenvalue weighted by molar-refractivity contribution is 9.10. The molecule has 0 saturated carbocycles. The van der Waals surface area contributed by atoms with Crippen molar-refractivity contribution < 1.29 is 8.42 Å². The molecule has 6 nitrogen and oxygen atoms in total. The van der Waals surface area contributed by atoms with Crippen molar-refractivity contribution >= 4 is 60.0 Å². The van der Waals surface area contributed by atoms with Crippen molar-refractivity contribution in [2.24, 2.45) is 4.40 Å². The van der Waals surface area contributed by atoms with Crippen LogP contribution in [0.3, 0.4) is 0 Å². The van der Waals surface area contributed by atoms with E-state index in [9.17, 15) is 8.42 Å². The fourth-order valence-electron chi connectivity index (χ4n) is 2.08. The highest BCUT2D eigenvalue weighted by Gasteiger charge is 2.23. The Bertz CT molecular complexity index is 1000. The summed E-state index contributed by atoms with van der Waals surface area (Å²) in [6, 6.07) is 11.1. The third-order valence-electron chi connectivity index (χ3n) is 3.84. The smallest absolute Gasteiger partial charge is 0.144 e.